The maximum Gasteiger partial charge on any atom is 0.151 e. The third kappa shape index (κ3) is 4.00. The second kappa shape index (κ2) is 8.45. The zero-order chi connectivity index (χ0) is 18.8. The average Bonchev–Trinajstić information content (AvgIpc) is 3.02. The molecule has 1 aromatic carbocycles. The Labute approximate surface area is 168 Å². The smallest absolute Gasteiger partial charge is 0.151 e. The van der Waals surface area contributed by atoms with Crippen LogP contribution in [0.25, 0.3) is 5.69 Å². The highest BCUT2D eigenvalue weighted by molar-refractivity contribution is 6.30. The lowest BCUT2D eigenvalue weighted by Crippen LogP contribution is -2.30. The van der Waals surface area contributed by atoms with Gasteiger partial charge < -0.3 is 15.2 Å². The molecule has 2 heterocycles. The molecule has 1 saturated carbocycles. The van der Waals surface area contributed by atoms with Crippen molar-refractivity contribution in [3.8, 4) is 5.69 Å². The number of halogens is 2. The molecule has 0 radical (unpaired) electrons. The molecule has 1 atom stereocenters. The molecule has 146 valence electrons. The summed E-state index contributed by atoms with van der Waals surface area (Å²) in [5, 5.41) is 22.4. The van der Waals surface area contributed by atoms with Crippen molar-refractivity contribution < 1.29 is 9.84 Å². The first-order valence-electron chi connectivity index (χ1n) is 9.45. The molecule has 8 heteroatoms. The van der Waals surface area contributed by atoms with Crippen molar-refractivity contribution >= 4 is 23.2 Å². The maximum atomic E-state index is 9.28. The number of nitrogens with one attached hydrogen (secondary N) is 1. The van der Waals surface area contributed by atoms with Gasteiger partial charge >= 0.3 is 0 Å². The van der Waals surface area contributed by atoms with Crippen LogP contribution in [0.1, 0.15) is 48.8 Å². The van der Waals surface area contributed by atoms with Crippen LogP contribution in [0.3, 0.4) is 0 Å². The lowest BCUT2D eigenvalue weighted by molar-refractivity contribution is -0.0444. The molecule has 0 saturated heterocycles. The van der Waals surface area contributed by atoms with Gasteiger partial charge in [0.15, 0.2) is 5.82 Å². The molecule has 1 aromatic heterocycles. The first-order chi connectivity index (χ1) is 13.2. The summed E-state index contributed by atoms with van der Waals surface area (Å²) in [5.41, 5.74) is 2.27. The molecule has 1 fully saturated rings. The van der Waals surface area contributed by atoms with Crippen molar-refractivity contribution in [3.05, 3.63) is 40.4 Å². The van der Waals surface area contributed by atoms with Gasteiger partial charge in [-0.2, -0.15) is 0 Å². The Kier molecular flexibility index (Phi) is 5.99. The molecular weight excluding hydrogens is 387 g/mol. The molecular formula is C19H24Cl2N4O2. The van der Waals surface area contributed by atoms with Crippen LogP contribution in [0.5, 0.6) is 0 Å². The van der Waals surface area contributed by atoms with Crippen LogP contribution in [0.4, 0.5) is 0 Å². The van der Waals surface area contributed by atoms with Crippen LogP contribution in [0.15, 0.2) is 18.2 Å². The SMILES string of the molecule is OC[C@@H](CCl)OC1CCC(c2nnc3n2-c2ccc(Cl)cc2CNC3)CC1. The summed E-state index contributed by atoms with van der Waals surface area (Å²) in [6.07, 6.45) is 3.72. The van der Waals surface area contributed by atoms with E-state index in [1.807, 2.05) is 12.1 Å². The first-order valence-corrected chi connectivity index (χ1v) is 10.4. The summed E-state index contributed by atoms with van der Waals surface area (Å²) >= 11 is 12.0. The van der Waals surface area contributed by atoms with Crippen molar-refractivity contribution in [2.75, 3.05) is 12.5 Å². The number of rotatable bonds is 5. The summed E-state index contributed by atoms with van der Waals surface area (Å²) in [5.74, 6) is 2.62. The number of benzene rings is 1. The number of ether oxygens (including phenoxy) is 1. The topological polar surface area (TPSA) is 72.2 Å². The van der Waals surface area contributed by atoms with Gasteiger partial charge in [-0.1, -0.05) is 11.6 Å². The summed E-state index contributed by atoms with van der Waals surface area (Å²) in [7, 11) is 0. The predicted octanol–water partition coefficient (Wildman–Crippen LogP) is 3.17. The lowest BCUT2D eigenvalue weighted by Gasteiger charge is -2.30. The molecule has 1 aliphatic heterocycles. The minimum absolute atomic E-state index is 0.0343. The highest BCUT2D eigenvalue weighted by Crippen LogP contribution is 2.36. The number of alkyl halides is 1. The second-order valence-electron chi connectivity index (χ2n) is 7.26. The largest absolute Gasteiger partial charge is 0.394 e. The minimum Gasteiger partial charge on any atom is -0.394 e. The zero-order valence-electron chi connectivity index (χ0n) is 15.1. The number of fused-ring (bicyclic) bond motifs is 3. The Morgan fingerprint density at radius 3 is 2.78 bits per heavy atom. The molecule has 2 N–H and O–H groups in total. The second-order valence-corrected chi connectivity index (χ2v) is 8.00. The van der Waals surface area contributed by atoms with Gasteiger partial charge in [-0.3, -0.25) is 4.57 Å². The summed E-state index contributed by atoms with van der Waals surface area (Å²) in [6, 6.07) is 5.99. The Bertz CT molecular complexity index is 786. The van der Waals surface area contributed by atoms with E-state index in [1.54, 1.807) is 0 Å². The van der Waals surface area contributed by atoms with E-state index in [0.29, 0.717) is 18.3 Å². The normalized spacial score (nSPS) is 23.4. The molecule has 0 spiro atoms. The highest BCUT2D eigenvalue weighted by Gasteiger charge is 2.30. The number of aliphatic hydroxyl groups is 1. The molecule has 0 bridgehead atoms. The van der Waals surface area contributed by atoms with E-state index in [0.717, 1.165) is 60.2 Å². The van der Waals surface area contributed by atoms with Crippen LogP contribution < -0.4 is 5.32 Å². The van der Waals surface area contributed by atoms with Gasteiger partial charge in [0.25, 0.3) is 0 Å². The highest BCUT2D eigenvalue weighted by atomic mass is 35.5. The van der Waals surface area contributed by atoms with Crippen molar-refractivity contribution in [1.29, 1.82) is 0 Å². The maximum absolute atomic E-state index is 9.28. The first kappa shape index (κ1) is 19.2. The van der Waals surface area contributed by atoms with Crippen LogP contribution in [0, 0.1) is 0 Å². The number of aliphatic hydroxyl groups excluding tert-OH is 1. The van der Waals surface area contributed by atoms with E-state index in [9.17, 15) is 5.11 Å². The van der Waals surface area contributed by atoms with Crippen molar-refractivity contribution in [1.82, 2.24) is 20.1 Å². The van der Waals surface area contributed by atoms with Crippen LogP contribution >= 0.6 is 23.2 Å². The Hall–Kier alpha value is -1.18. The Morgan fingerprint density at radius 2 is 2.04 bits per heavy atom. The summed E-state index contributed by atoms with van der Waals surface area (Å²) < 4.78 is 8.11. The van der Waals surface area contributed by atoms with Gasteiger partial charge in [-0.25, -0.2) is 0 Å². The van der Waals surface area contributed by atoms with Crippen LogP contribution in [0.2, 0.25) is 5.02 Å². The van der Waals surface area contributed by atoms with Crippen LogP contribution in [-0.2, 0) is 17.8 Å². The Balaban J connectivity index is 1.54. The molecule has 6 nitrogen and oxygen atoms in total. The van der Waals surface area contributed by atoms with Gasteiger partial charge in [-0.05, 0) is 49.4 Å². The van der Waals surface area contributed by atoms with Gasteiger partial charge in [0.05, 0.1) is 36.9 Å². The van der Waals surface area contributed by atoms with Gasteiger partial charge in [0, 0.05) is 17.5 Å². The fraction of sp³-hybridized carbons (Fsp3) is 0.579. The molecule has 4 rings (SSSR count). The molecule has 2 aromatic rings. The van der Waals surface area contributed by atoms with Gasteiger partial charge in [0.2, 0.25) is 0 Å². The van der Waals surface area contributed by atoms with E-state index >= 15 is 0 Å². The third-order valence-corrected chi connectivity index (χ3v) is 6.02. The number of hydrogen-bond acceptors (Lipinski definition) is 5. The zero-order valence-corrected chi connectivity index (χ0v) is 16.6. The number of nitrogens with zero attached hydrogens (tertiary/aromatic N) is 3. The van der Waals surface area contributed by atoms with E-state index in [2.05, 4.69) is 26.1 Å². The standard InChI is InChI=1S/C19H24Cl2N4O2/c20-8-16(11-26)27-15-4-1-12(2-5-15)19-24-23-18-10-22-9-13-7-14(21)3-6-17(13)25(18)19/h3,6-7,12,15-16,22,26H,1-2,4-5,8-11H2/t12?,15?,16-/m1/s1. The van der Waals surface area contributed by atoms with Crippen molar-refractivity contribution in [2.45, 2.75) is 56.9 Å². The average molecular weight is 411 g/mol. The Morgan fingerprint density at radius 1 is 1.22 bits per heavy atom. The number of hydrogen-bond donors (Lipinski definition) is 2. The van der Waals surface area contributed by atoms with Crippen molar-refractivity contribution in [3.63, 3.8) is 0 Å². The molecule has 27 heavy (non-hydrogen) atoms. The minimum atomic E-state index is -0.278. The molecule has 0 unspecified atom stereocenters. The summed E-state index contributed by atoms with van der Waals surface area (Å²) in [6.45, 7) is 1.42. The fourth-order valence-electron chi connectivity index (χ4n) is 4.05. The molecule has 0 amide bonds. The monoisotopic (exact) mass is 410 g/mol. The quantitative estimate of drug-likeness (QED) is 0.740. The van der Waals surface area contributed by atoms with Gasteiger partial charge in [-0.15, -0.1) is 21.8 Å². The molecule has 1 aliphatic carbocycles. The van der Waals surface area contributed by atoms with E-state index in [1.165, 1.54) is 0 Å². The van der Waals surface area contributed by atoms with E-state index in [-0.39, 0.29) is 18.8 Å². The van der Waals surface area contributed by atoms with Crippen LogP contribution in [-0.4, -0.2) is 44.6 Å². The predicted molar refractivity (Wildman–Crippen MR) is 105 cm³/mol. The fourth-order valence-corrected chi connectivity index (χ4v) is 4.42. The van der Waals surface area contributed by atoms with E-state index in [4.69, 9.17) is 27.9 Å². The van der Waals surface area contributed by atoms with E-state index < -0.39 is 0 Å². The third-order valence-electron chi connectivity index (χ3n) is 5.44. The lowest BCUT2D eigenvalue weighted by atomic mass is 9.86. The van der Waals surface area contributed by atoms with Crippen molar-refractivity contribution in [2.24, 2.45) is 0 Å². The van der Waals surface area contributed by atoms with Gasteiger partial charge in [0.1, 0.15) is 5.82 Å². The molecule has 2 aliphatic rings. The summed E-state index contributed by atoms with van der Waals surface area (Å²) in [4.78, 5) is 0. The number of aromatic nitrogens is 3.